The van der Waals surface area contributed by atoms with Gasteiger partial charge in [0.15, 0.2) is 0 Å². The highest BCUT2D eigenvalue weighted by molar-refractivity contribution is 5.45. The first-order chi connectivity index (χ1) is 5.24. The highest BCUT2D eigenvalue weighted by Gasteiger charge is 2.02. The van der Waals surface area contributed by atoms with Gasteiger partial charge in [-0.3, -0.25) is 5.10 Å². The lowest BCUT2D eigenvalue weighted by atomic mass is 10.0. The first-order valence-electron chi connectivity index (χ1n) is 3.88. The fourth-order valence-electron chi connectivity index (χ4n) is 1.10. The molecule has 0 amide bonds. The number of H-pyrrole nitrogens is 1. The van der Waals surface area contributed by atoms with Gasteiger partial charge in [0.1, 0.15) is 0 Å². The molecule has 1 aromatic rings. The summed E-state index contributed by atoms with van der Waals surface area (Å²) in [4.78, 5) is 0. The molecule has 0 saturated carbocycles. The van der Waals surface area contributed by atoms with Gasteiger partial charge in [-0.2, -0.15) is 5.10 Å². The van der Waals surface area contributed by atoms with Gasteiger partial charge in [0.25, 0.3) is 0 Å². The van der Waals surface area contributed by atoms with Gasteiger partial charge in [0, 0.05) is 0 Å². The Morgan fingerprint density at radius 3 is 3.00 bits per heavy atom. The molecule has 0 radical (unpaired) electrons. The predicted molar refractivity (Wildman–Crippen MR) is 47.2 cm³/mol. The Bertz CT molecular complexity index is 235. The minimum Gasteiger partial charge on any atom is -0.278 e. The molecule has 1 N–H and O–H groups in total. The third-order valence-corrected chi connectivity index (χ3v) is 1.58. The molecule has 0 unspecified atom stereocenters. The summed E-state index contributed by atoms with van der Waals surface area (Å²) in [5.74, 6) is 0.672. The molecule has 1 rings (SSSR count). The largest absolute Gasteiger partial charge is 0.278 e. The monoisotopic (exact) mass is 150 g/mol. The topological polar surface area (TPSA) is 28.7 Å². The van der Waals surface area contributed by atoms with E-state index in [4.69, 9.17) is 0 Å². The second-order valence-corrected chi connectivity index (χ2v) is 3.11. The molecule has 0 atom stereocenters. The van der Waals surface area contributed by atoms with Crippen molar-refractivity contribution in [3.63, 3.8) is 0 Å². The van der Waals surface area contributed by atoms with Crippen LogP contribution in [0, 0.1) is 5.92 Å². The van der Waals surface area contributed by atoms with Crippen molar-refractivity contribution in [3.05, 3.63) is 24.0 Å². The van der Waals surface area contributed by atoms with E-state index in [9.17, 15) is 0 Å². The minimum absolute atomic E-state index is 0.672. The van der Waals surface area contributed by atoms with E-state index in [1.165, 1.54) is 5.56 Å². The van der Waals surface area contributed by atoms with Crippen molar-refractivity contribution in [2.75, 3.05) is 0 Å². The predicted octanol–water partition coefficient (Wildman–Crippen LogP) is 2.25. The van der Waals surface area contributed by atoms with E-state index < -0.39 is 0 Å². The van der Waals surface area contributed by atoms with E-state index in [1.807, 2.05) is 12.3 Å². The summed E-state index contributed by atoms with van der Waals surface area (Å²) >= 11 is 0. The van der Waals surface area contributed by atoms with E-state index >= 15 is 0 Å². The molecule has 60 valence electrons. The van der Waals surface area contributed by atoms with Crippen LogP contribution in [0.2, 0.25) is 0 Å². The third kappa shape index (κ3) is 1.93. The molecule has 1 heterocycles. The molecule has 0 saturated heterocycles. The molecule has 0 aliphatic rings. The molecule has 0 aliphatic carbocycles. The SMILES string of the molecule is C=Cc1[nH]ncc1CC(C)C. The Morgan fingerprint density at radius 2 is 2.45 bits per heavy atom. The lowest BCUT2D eigenvalue weighted by Gasteiger charge is -2.01. The van der Waals surface area contributed by atoms with E-state index in [2.05, 4.69) is 30.6 Å². The van der Waals surface area contributed by atoms with Crippen LogP contribution in [0.15, 0.2) is 12.8 Å². The van der Waals surface area contributed by atoms with Gasteiger partial charge in [-0.15, -0.1) is 0 Å². The number of rotatable bonds is 3. The van der Waals surface area contributed by atoms with Crippen molar-refractivity contribution in [1.82, 2.24) is 10.2 Å². The van der Waals surface area contributed by atoms with Crippen LogP contribution >= 0.6 is 0 Å². The van der Waals surface area contributed by atoms with Crippen LogP contribution in [0.3, 0.4) is 0 Å². The maximum atomic E-state index is 3.95. The molecule has 11 heavy (non-hydrogen) atoms. The van der Waals surface area contributed by atoms with Crippen LogP contribution in [0.5, 0.6) is 0 Å². The molecule has 2 heteroatoms. The number of nitrogens with zero attached hydrogens (tertiary/aromatic N) is 1. The van der Waals surface area contributed by atoms with Gasteiger partial charge < -0.3 is 0 Å². The van der Waals surface area contributed by atoms with Crippen molar-refractivity contribution in [2.45, 2.75) is 20.3 Å². The van der Waals surface area contributed by atoms with Gasteiger partial charge in [-0.05, 0) is 24.0 Å². The van der Waals surface area contributed by atoms with Crippen LogP contribution in [0.25, 0.3) is 6.08 Å². The van der Waals surface area contributed by atoms with Crippen molar-refractivity contribution in [2.24, 2.45) is 5.92 Å². The molecule has 0 bridgehead atoms. The lowest BCUT2D eigenvalue weighted by molar-refractivity contribution is 0.647. The second kappa shape index (κ2) is 3.37. The zero-order valence-electron chi connectivity index (χ0n) is 7.09. The zero-order chi connectivity index (χ0) is 8.27. The van der Waals surface area contributed by atoms with Crippen molar-refractivity contribution in [1.29, 1.82) is 0 Å². The summed E-state index contributed by atoms with van der Waals surface area (Å²) in [6.07, 6.45) is 4.75. The number of hydrogen-bond acceptors (Lipinski definition) is 1. The average Bonchev–Trinajstić information content (AvgIpc) is 2.34. The van der Waals surface area contributed by atoms with Gasteiger partial charge >= 0.3 is 0 Å². The first-order valence-corrected chi connectivity index (χ1v) is 3.88. The van der Waals surface area contributed by atoms with E-state index in [1.54, 1.807) is 0 Å². The van der Waals surface area contributed by atoms with Crippen LogP contribution in [0.4, 0.5) is 0 Å². The van der Waals surface area contributed by atoms with E-state index in [-0.39, 0.29) is 0 Å². The third-order valence-electron chi connectivity index (χ3n) is 1.58. The average molecular weight is 150 g/mol. The Labute approximate surface area is 67.3 Å². The number of hydrogen-bond donors (Lipinski definition) is 1. The molecule has 0 aliphatic heterocycles. The summed E-state index contributed by atoms with van der Waals surface area (Å²) in [6.45, 7) is 8.09. The van der Waals surface area contributed by atoms with Gasteiger partial charge in [-0.25, -0.2) is 0 Å². The molecule has 2 nitrogen and oxygen atoms in total. The van der Waals surface area contributed by atoms with Crippen LogP contribution in [-0.4, -0.2) is 10.2 Å². The molecular formula is C9H14N2. The Balaban J connectivity index is 2.76. The van der Waals surface area contributed by atoms with Crippen molar-refractivity contribution < 1.29 is 0 Å². The fraction of sp³-hybridized carbons (Fsp3) is 0.444. The number of aromatic amines is 1. The molecule has 0 fully saturated rings. The standard InChI is InChI=1S/C9H14N2/c1-4-9-8(5-7(2)3)6-10-11-9/h4,6-7H,1,5H2,2-3H3,(H,10,11). The summed E-state index contributed by atoms with van der Waals surface area (Å²) in [7, 11) is 0. The normalized spacial score (nSPS) is 10.5. The molecule has 0 spiro atoms. The van der Waals surface area contributed by atoms with E-state index in [0.717, 1.165) is 12.1 Å². The zero-order valence-corrected chi connectivity index (χ0v) is 7.09. The fourth-order valence-corrected chi connectivity index (χ4v) is 1.10. The number of nitrogens with one attached hydrogen (secondary N) is 1. The van der Waals surface area contributed by atoms with Gasteiger partial charge in [-0.1, -0.05) is 20.4 Å². The van der Waals surface area contributed by atoms with E-state index in [0.29, 0.717) is 5.92 Å². The van der Waals surface area contributed by atoms with Crippen molar-refractivity contribution in [3.8, 4) is 0 Å². The highest BCUT2D eigenvalue weighted by atomic mass is 15.1. The Morgan fingerprint density at radius 1 is 1.73 bits per heavy atom. The van der Waals surface area contributed by atoms with Gasteiger partial charge in [0.05, 0.1) is 11.9 Å². The summed E-state index contributed by atoms with van der Waals surface area (Å²) in [6, 6.07) is 0. The molecular weight excluding hydrogens is 136 g/mol. The quantitative estimate of drug-likeness (QED) is 0.703. The smallest absolute Gasteiger partial charge is 0.0604 e. The van der Waals surface area contributed by atoms with Gasteiger partial charge in [0.2, 0.25) is 0 Å². The Hall–Kier alpha value is -1.05. The Kier molecular flexibility index (Phi) is 2.47. The summed E-state index contributed by atoms with van der Waals surface area (Å²) in [5, 5.41) is 6.84. The maximum Gasteiger partial charge on any atom is 0.0604 e. The van der Waals surface area contributed by atoms with Crippen molar-refractivity contribution >= 4 is 6.08 Å². The van der Waals surface area contributed by atoms with Crippen LogP contribution in [-0.2, 0) is 6.42 Å². The molecule has 1 aromatic heterocycles. The van der Waals surface area contributed by atoms with Crippen LogP contribution < -0.4 is 0 Å². The lowest BCUT2D eigenvalue weighted by Crippen LogP contribution is -1.93. The maximum absolute atomic E-state index is 3.95. The molecule has 0 aromatic carbocycles. The summed E-state index contributed by atoms with van der Waals surface area (Å²) in [5.41, 5.74) is 2.31. The van der Waals surface area contributed by atoms with Crippen LogP contribution in [0.1, 0.15) is 25.1 Å². The first kappa shape index (κ1) is 8.05. The number of aromatic nitrogens is 2. The highest BCUT2D eigenvalue weighted by Crippen LogP contribution is 2.11. The summed E-state index contributed by atoms with van der Waals surface area (Å²) < 4.78 is 0. The minimum atomic E-state index is 0.672. The second-order valence-electron chi connectivity index (χ2n) is 3.11.